The number of hydrogen-bond donors (Lipinski definition) is 1. The molecule has 0 aliphatic carbocycles. The van der Waals surface area contributed by atoms with Crippen molar-refractivity contribution in [1.29, 1.82) is 0 Å². The van der Waals surface area contributed by atoms with Crippen LogP contribution in [-0.2, 0) is 6.54 Å². The van der Waals surface area contributed by atoms with Gasteiger partial charge in [0.25, 0.3) is 0 Å². The van der Waals surface area contributed by atoms with Crippen LogP contribution in [-0.4, -0.2) is 38.2 Å². The van der Waals surface area contributed by atoms with Crippen molar-refractivity contribution in [2.24, 2.45) is 5.92 Å². The van der Waals surface area contributed by atoms with Crippen molar-refractivity contribution in [1.82, 2.24) is 10.2 Å². The van der Waals surface area contributed by atoms with E-state index in [2.05, 4.69) is 34.5 Å². The third kappa shape index (κ3) is 4.22. The molecule has 0 radical (unpaired) electrons. The van der Waals surface area contributed by atoms with E-state index < -0.39 is 0 Å². The first-order valence-corrected chi connectivity index (χ1v) is 7.41. The second-order valence-electron chi connectivity index (χ2n) is 5.34. The standard InChI is InChI=1S/C16H26N2O/c1-3-19-16-9-5-4-8-15(16)13-18-10-6-7-14(12-18)11-17-2/h4-5,8-9,14,17H,3,6-7,10-13H2,1-2H3. The summed E-state index contributed by atoms with van der Waals surface area (Å²) in [7, 11) is 2.04. The van der Waals surface area contributed by atoms with Crippen LogP contribution in [0.3, 0.4) is 0 Å². The normalized spacial score (nSPS) is 20.4. The zero-order valence-electron chi connectivity index (χ0n) is 12.2. The number of nitrogens with zero attached hydrogens (tertiary/aromatic N) is 1. The van der Waals surface area contributed by atoms with Gasteiger partial charge in [-0.1, -0.05) is 18.2 Å². The molecule has 1 saturated heterocycles. The highest BCUT2D eigenvalue weighted by atomic mass is 16.5. The lowest BCUT2D eigenvalue weighted by molar-refractivity contribution is 0.165. The highest BCUT2D eigenvalue weighted by molar-refractivity contribution is 5.33. The number of nitrogens with one attached hydrogen (secondary N) is 1. The molecular formula is C16H26N2O. The van der Waals surface area contributed by atoms with E-state index in [1.54, 1.807) is 0 Å². The van der Waals surface area contributed by atoms with Gasteiger partial charge in [-0.25, -0.2) is 0 Å². The van der Waals surface area contributed by atoms with E-state index in [1.165, 1.54) is 31.5 Å². The number of hydrogen-bond acceptors (Lipinski definition) is 3. The molecule has 1 aromatic rings. The number of para-hydroxylation sites is 1. The first kappa shape index (κ1) is 14.4. The van der Waals surface area contributed by atoms with Crippen LogP contribution in [0, 0.1) is 5.92 Å². The lowest BCUT2D eigenvalue weighted by atomic mass is 9.97. The zero-order valence-corrected chi connectivity index (χ0v) is 12.2. The predicted molar refractivity (Wildman–Crippen MR) is 79.5 cm³/mol. The van der Waals surface area contributed by atoms with E-state index in [1.807, 2.05) is 14.0 Å². The van der Waals surface area contributed by atoms with Gasteiger partial charge in [-0.05, 0) is 51.9 Å². The van der Waals surface area contributed by atoms with Crippen LogP contribution in [0.5, 0.6) is 5.75 Å². The minimum absolute atomic E-state index is 0.736. The first-order chi connectivity index (χ1) is 9.33. The number of rotatable bonds is 6. The van der Waals surface area contributed by atoms with Crippen molar-refractivity contribution in [3.63, 3.8) is 0 Å². The molecule has 0 aromatic heterocycles. The molecule has 3 heteroatoms. The summed E-state index contributed by atoms with van der Waals surface area (Å²) in [6.07, 6.45) is 2.66. The summed E-state index contributed by atoms with van der Waals surface area (Å²) >= 11 is 0. The molecule has 3 nitrogen and oxygen atoms in total. The third-order valence-electron chi connectivity index (χ3n) is 3.76. The lowest BCUT2D eigenvalue weighted by Crippen LogP contribution is -2.38. The fraction of sp³-hybridized carbons (Fsp3) is 0.625. The SMILES string of the molecule is CCOc1ccccc1CN1CCCC(CNC)C1. The molecule has 1 unspecified atom stereocenters. The van der Waals surface area contributed by atoms with Crippen LogP contribution in [0.2, 0.25) is 0 Å². The predicted octanol–water partition coefficient (Wildman–Crippen LogP) is 2.52. The van der Waals surface area contributed by atoms with Gasteiger partial charge in [-0.3, -0.25) is 4.90 Å². The second-order valence-corrected chi connectivity index (χ2v) is 5.34. The summed E-state index contributed by atoms with van der Waals surface area (Å²) in [4.78, 5) is 2.56. The number of ether oxygens (including phenoxy) is 1. The summed E-state index contributed by atoms with van der Waals surface area (Å²) < 4.78 is 5.71. The Morgan fingerprint density at radius 2 is 2.21 bits per heavy atom. The molecule has 0 amide bonds. The third-order valence-corrected chi connectivity index (χ3v) is 3.76. The Balaban J connectivity index is 1.96. The highest BCUT2D eigenvalue weighted by Gasteiger charge is 2.20. The topological polar surface area (TPSA) is 24.5 Å². The van der Waals surface area contributed by atoms with Crippen LogP contribution >= 0.6 is 0 Å². The Morgan fingerprint density at radius 3 is 3.00 bits per heavy atom. The van der Waals surface area contributed by atoms with Crippen molar-refractivity contribution >= 4 is 0 Å². The molecule has 106 valence electrons. The van der Waals surface area contributed by atoms with E-state index in [4.69, 9.17) is 4.74 Å². The molecule has 1 aliphatic rings. The second kappa shape index (κ2) is 7.51. The van der Waals surface area contributed by atoms with Crippen LogP contribution < -0.4 is 10.1 Å². The molecule has 1 atom stereocenters. The minimum Gasteiger partial charge on any atom is -0.494 e. The molecule has 0 spiro atoms. The van der Waals surface area contributed by atoms with Crippen molar-refractivity contribution in [3.05, 3.63) is 29.8 Å². The number of piperidine rings is 1. The van der Waals surface area contributed by atoms with Gasteiger partial charge in [-0.2, -0.15) is 0 Å². The first-order valence-electron chi connectivity index (χ1n) is 7.41. The Labute approximate surface area is 116 Å². The Hall–Kier alpha value is -1.06. The molecule has 0 bridgehead atoms. The van der Waals surface area contributed by atoms with Crippen LogP contribution in [0.1, 0.15) is 25.3 Å². The average molecular weight is 262 g/mol. The molecule has 1 heterocycles. The maximum atomic E-state index is 5.71. The van der Waals surface area contributed by atoms with Gasteiger partial charge in [-0.15, -0.1) is 0 Å². The highest BCUT2D eigenvalue weighted by Crippen LogP contribution is 2.23. The van der Waals surface area contributed by atoms with Gasteiger partial charge in [0.1, 0.15) is 5.75 Å². The van der Waals surface area contributed by atoms with Crippen molar-refractivity contribution < 1.29 is 4.74 Å². The summed E-state index contributed by atoms with van der Waals surface area (Å²) in [5.74, 6) is 1.83. The molecule has 1 aromatic carbocycles. The summed E-state index contributed by atoms with van der Waals surface area (Å²) in [5.41, 5.74) is 1.31. The van der Waals surface area contributed by atoms with Crippen LogP contribution in [0.15, 0.2) is 24.3 Å². The molecule has 0 saturated carbocycles. The summed E-state index contributed by atoms with van der Waals surface area (Å²) in [6.45, 7) is 7.32. The fourth-order valence-electron chi connectivity index (χ4n) is 2.92. The molecule has 1 N–H and O–H groups in total. The van der Waals surface area contributed by atoms with E-state index in [9.17, 15) is 0 Å². The van der Waals surface area contributed by atoms with Gasteiger partial charge in [0, 0.05) is 18.7 Å². The number of likely N-dealkylation sites (tertiary alicyclic amines) is 1. The van der Waals surface area contributed by atoms with E-state index in [-0.39, 0.29) is 0 Å². The van der Waals surface area contributed by atoms with Crippen molar-refractivity contribution in [2.75, 3.05) is 33.3 Å². The van der Waals surface area contributed by atoms with E-state index in [0.717, 1.165) is 31.4 Å². The Kier molecular flexibility index (Phi) is 5.67. The molecular weight excluding hydrogens is 236 g/mol. The lowest BCUT2D eigenvalue weighted by Gasteiger charge is -2.33. The van der Waals surface area contributed by atoms with E-state index in [0.29, 0.717) is 0 Å². The van der Waals surface area contributed by atoms with Gasteiger partial charge >= 0.3 is 0 Å². The molecule has 1 fully saturated rings. The average Bonchev–Trinajstić information content (AvgIpc) is 2.42. The van der Waals surface area contributed by atoms with Gasteiger partial charge in [0.05, 0.1) is 6.61 Å². The van der Waals surface area contributed by atoms with Crippen LogP contribution in [0.4, 0.5) is 0 Å². The zero-order chi connectivity index (χ0) is 13.5. The Morgan fingerprint density at radius 1 is 1.37 bits per heavy atom. The summed E-state index contributed by atoms with van der Waals surface area (Å²) in [6, 6.07) is 8.42. The molecule has 19 heavy (non-hydrogen) atoms. The molecule has 2 rings (SSSR count). The van der Waals surface area contributed by atoms with Gasteiger partial charge < -0.3 is 10.1 Å². The fourth-order valence-corrected chi connectivity index (χ4v) is 2.92. The van der Waals surface area contributed by atoms with Crippen molar-refractivity contribution in [3.8, 4) is 5.75 Å². The number of benzene rings is 1. The largest absolute Gasteiger partial charge is 0.494 e. The smallest absolute Gasteiger partial charge is 0.123 e. The Bertz CT molecular complexity index is 379. The van der Waals surface area contributed by atoms with Crippen molar-refractivity contribution in [2.45, 2.75) is 26.3 Å². The van der Waals surface area contributed by atoms with Gasteiger partial charge in [0.2, 0.25) is 0 Å². The maximum absolute atomic E-state index is 5.71. The quantitative estimate of drug-likeness (QED) is 0.852. The maximum Gasteiger partial charge on any atom is 0.123 e. The van der Waals surface area contributed by atoms with Gasteiger partial charge in [0.15, 0.2) is 0 Å². The van der Waals surface area contributed by atoms with Crippen LogP contribution in [0.25, 0.3) is 0 Å². The minimum atomic E-state index is 0.736. The summed E-state index contributed by atoms with van der Waals surface area (Å²) in [5, 5.41) is 3.30. The monoisotopic (exact) mass is 262 g/mol. The molecule has 1 aliphatic heterocycles. The van der Waals surface area contributed by atoms with E-state index >= 15 is 0 Å².